The molecule has 2 N–H and O–H groups in total. The first-order valence-corrected chi connectivity index (χ1v) is 5.26. The lowest BCUT2D eigenvalue weighted by Crippen LogP contribution is -2.45. The van der Waals surface area contributed by atoms with E-state index in [1.54, 1.807) is 0 Å². The maximum absolute atomic E-state index is 6.00. The van der Waals surface area contributed by atoms with Gasteiger partial charge in [-0.15, -0.1) is 0 Å². The van der Waals surface area contributed by atoms with E-state index in [9.17, 15) is 0 Å². The molecule has 0 spiro atoms. The highest BCUT2D eigenvalue weighted by atomic mass is 16.6. The van der Waals surface area contributed by atoms with Crippen molar-refractivity contribution in [2.75, 3.05) is 13.2 Å². The van der Waals surface area contributed by atoms with Gasteiger partial charge in [0.2, 0.25) is 0 Å². The Balaban J connectivity index is 2.23. The largest absolute Gasteiger partial charge is 0.376 e. The first-order chi connectivity index (χ1) is 6.27. The molecule has 0 saturated carbocycles. The summed E-state index contributed by atoms with van der Waals surface area (Å²) in [5, 5.41) is 0. The van der Waals surface area contributed by atoms with E-state index in [1.165, 1.54) is 0 Å². The van der Waals surface area contributed by atoms with Crippen LogP contribution >= 0.6 is 0 Å². The monoisotopic (exact) mass is 187 g/mol. The zero-order valence-electron chi connectivity index (χ0n) is 8.66. The highest BCUT2D eigenvalue weighted by Gasteiger charge is 2.25. The number of rotatable bonds is 6. The lowest BCUT2D eigenvalue weighted by atomic mass is 10.0. The van der Waals surface area contributed by atoms with Crippen LogP contribution in [0.5, 0.6) is 0 Å². The lowest BCUT2D eigenvalue weighted by molar-refractivity contribution is -0.159. The molecule has 0 bridgehead atoms. The number of hydrogen-bond acceptors (Lipinski definition) is 3. The molecule has 3 heteroatoms. The fourth-order valence-corrected chi connectivity index (χ4v) is 1.56. The van der Waals surface area contributed by atoms with Gasteiger partial charge in [0, 0.05) is 6.04 Å². The minimum atomic E-state index is 0.190. The molecule has 0 aromatic heterocycles. The molecular formula is C10H21NO2. The minimum Gasteiger partial charge on any atom is -0.376 e. The predicted molar refractivity (Wildman–Crippen MR) is 52.7 cm³/mol. The SMILES string of the molecule is CCCC(N)C(CC)OC1COC1. The third-order valence-electron chi connectivity index (χ3n) is 2.48. The van der Waals surface area contributed by atoms with Crippen LogP contribution in [0.25, 0.3) is 0 Å². The Hall–Kier alpha value is -0.120. The Morgan fingerprint density at radius 2 is 2.15 bits per heavy atom. The predicted octanol–water partition coefficient (Wildman–Crippen LogP) is 1.31. The van der Waals surface area contributed by atoms with Crippen LogP contribution < -0.4 is 5.73 Å². The fourth-order valence-electron chi connectivity index (χ4n) is 1.56. The van der Waals surface area contributed by atoms with Gasteiger partial charge in [-0.05, 0) is 12.8 Å². The molecule has 13 heavy (non-hydrogen) atoms. The van der Waals surface area contributed by atoms with E-state index in [1.807, 2.05) is 0 Å². The van der Waals surface area contributed by atoms with E-state index >= 15 is 0 Å². The van der Waals surface area contributed by atoms with Gasteiger partial charge in [0.1, 0.15) is 6.10 Å². The van der Waals surface area contributed by atoms with Crippen molar-refractivity contribution in [3.63, 3.8) is 0 Å². The highest BCUT2D eigenvalue weighted by Crippen LogP contribution is 2.14. The van der Waals surface area contributed by atoms with Crippen molar-refractivity contribution in [1.82, 2.24) is 0 Å². The van der Waals surface area contributed by atoms with Crippen LogP contribution in [0.3, 0.4) is 0 Å². The van der Waals surface area contributed by atoms with Gasteiger partial charge in [0.05, 0.1) is 19.3 Å². The summed E-state index contributed by atoms with van der Waals surface area (Å²) in [5.41, 5.74) is 6.00. The quantitative estimate of drug-likeness (QED) is 0.682. The van der Waals surface area contributed by atoms with Gasteiger partial charge in [0.15, 0.2) is 0 Å². The summed E-state index contributed by atoms with van der Waals surface area (Å²) < 4.78 is 10.9. The van der Waals surface area contributed by atoms with Gasteiger partial charge >= 0.3 is 0 Å². The molecule has 0 radical (unpaired) electrons. The Bertz CT molecular complexity index is 137. The van der Waals surface area contributed by atoms with Crippen LogP contribution in [0.1, 0.15) is 33.1 Å². The first-order valence-electron chi connectivity index (χ1n) is 5.26. The maximum atomic E-state index is 6.00. The molecule has 1 aliphatic heterocycles. The Kier molecular flexibility index (Phi) is 4.70. The molecule has 2 atom stereocenters. The summed E-state index contributed by atoms with van der Waals surface area (Å²) in [7, 11) is 0. The second kappa shape index (κ2) is 5.58. The molecule has 0 amide bonds. The zero-order valence-corrected chi connectivity index (χ0v) is 8.66. The van der Waals surface area contributed by atoms with Crippen LogP contribution in [0.4, 0.5) is 0 Å². The van der Waals surface area contributed by atoms with Crippen molar-refractivity contribution >= 4 is 0 Å². The third kappa shape index (κ3) is 3.25. The second-order valence-electron chi connectivity index (χ2n) is 3.69. The topological polar surface area (TPSA) is 44.5 Å². The van der Waals surface area contributed by atoms with Crippen molar-refractivity contribution in [1.29, 1.82) is 0 Å². The first kappa shape index (κ1) is 11.0. The standard InChI is InChI=1S/C10H21NO2/c1-3-5-9(11)10(4-2)13-8-6-12-7-8/h8-10H,3-7,11H2,1-2H3. The van der Waals surface area contributed by atoms with Gasteiger partial charge in [-0.2, -0.15) is 0 Å². The molecule has 1 rings (SSSR count). The van der Waals surface area contributed by atoms with Gasteiger partial charge in [-0.3, -0.25) is 0 Å². The zero-order chi connectivity index (χ0) is 9.68. The van der Waals surface area contributed by atoms with Crippen molar-refractivity contribution < 1.29 is 9.47 Å². The molecule has 1 aliphatic rings. The molecule has 1 heterocycles. The van der Waals surface area contributed by atoms with E-state index in [-0.39, 0.29) is 12.1 Å². The van der Waals surface area contributed by atoms with Crippen molar-refractivity contribution in [2.45, 2.75) is 51.4 Å². The molecule has 1 fully saturated rings. The molecule has 0 aromatic carbocycles. The van der Waals surface area contributed by atoms with E-state index in [0.29, 0.717) is 6.10 Å². The van der Waals surface area contributed by atoms with Crippen LogP contribution in [0.15, 0.2) is 0 Å². The molecule has 2 unspecified atom stereocenters. The van der Waals surface area contributed by atoms with Crippen LogP contribution in [-0.4, -0.2) is 31.5 Å². The van der Waals surface area contributed by atoms with E-state index in [0.717, 1.165) is 32.5 Å². The summed E-state index contributed by atoms with van der Waals surface area (Å²) in [6.07, 6.45) is 3.69. The van der Waals surface area contributed by atoms with Crippen LogP contribution in [0.2, 0.25) is 0 Å². The van der Waals surface area contributed by atoms with E-state index < -0.39 is 0 Å². The molecule has 78 valence electrons. The minimum absolute atomic E-state index is 0.190. The Morgan fingerprint density at radius 1 is 1.46 bits per heavy atom. The molecular weight excluding hydrogens is 166 g/mol. The van der Waals surface area contributed by atoms with Crippen molar-refractivity contribution in [3.05, 3.63) is 0 Å². The van der Waals surface area contributed by atoms with Crippen molar-refractivity contribution in [3.8, 4) is 0 Å². The third-order valence-corrected chi connectivity index (χ3v) is 2.48. The van der Waals surface area contributed by atoms with Crippen LogP contribution in [-0.2, 0) is 9.47 Å². The van der Waals surface area contributed by atoms with Gasteiger partial charge in [-0.25, -0.2) is 0 Å². The van der Waals surface area contributed by atoms with E-state index in [4.69, 9.17) is 15.2 Å². The summed E-state index contributed by atoms with van der Waals surface area (Å²) in [5.74, 6) is 0. The molecule has 1 saturated heterocycles. The summed E-state index contributed by atoms with van der Waals surface area (Å²) >= 11 is 0. The normalized spacial score (nSPS) is 22.4. The number of nitrogens with two attached hydrogens (primary N) is 1. The number of ether oxygens (including phenoxy) is 2. The Morgan fingerprint density at radius 3 is 2.54 bits per heavy atom. The molecule has 3 nitrogen and oxygen atoms in total. The fraction of sp³-hybridized carbons (Fsp3) is 1.00. The summed E-state index contributed by atoms with van der Waals surface area (Å²) in [6, 6.07) is 0.190. The summed E-state index contributed by atoms with van der Waals surface area (Å²) in [6.45, 7) is 5.77. The van der Waals surface area contributed by atoms with Gasteiger partial charge < -0.3 is 15.2 Å². The van der Waals surface area contributed by atoms with Gasteiger partial charge in [-0.1, -0.05) is 20.3 Å². The highest BCUT2D eigenvalue weighted by molar-refractivity contribution is 4.75. The summed E-state index contributed by atoms with van der Waals surface area (Å²) in [4.78, 5) is 0. The van der Waals surface area contributed by atoms with Gasteiger partial charge in [0.25, 0.3) is 0 Å². The molecule has 0 aromatic rings. The average Bonchev–Trinajstić information content (AvgIpc) is 2.03. The average molecular weight is 187 g/mol. The van der Waals surface area contributed by atoms with Crippen LogP contribution in [0, 0.1) is 0 Å². The lowest BCUT2D eigenvalue weighted by Gasteiger charge is -2.32. The Labute approximate surface area is 80.6 Å². The maximum Gasteiger partial charge on any atom is 0.105 e. The number of hydrogen-bond donors (Lipinski definition) is 1. The van der Waals surface area contributed by atoms with Crippen molar-refractivity contribution in [2.24, 2.45) is 5.73 Å². The smallest absolute Gasteiger partial charge is 0.105 e. The van der Waals surface area contributed by atoms with E-state index in [2.05, 4.69) is 13.8 Å². The molecule has 0 aliphatic carbocycles. The second-order valence-corrected chi connectivity index (χ2v) is 3.69.